The van der Waals surface area contributed by atoms with E-state index in [0.29, 0.717) is 26.1 Å². The number of amides is 2. The maximum absolute atomic E-state index is 11.8. The second kappa shape index (κ2) is 14.3. The lowest BCUT2D eigenvalue weighted by atomic mass is 10.0. The molecule has 2 N–H and O–H groups in total. The summed E-state index contributed by atoms with van der Waals surface area (Å²) in [5, 5.41) is 5.34. The molecule has 0 aliphatic rings. The zero-order valence-electron chi connectivity index (χ0n) is 17.1. The Morgan fingerprint density at radius 2 is 1.66 bits per heavy atom. The van der Waals surface area contributed by atoms with Gasteiger partial charge in [0.25, 0.3) is 0 Å². The van der Waals surface area contributed by atoms with Crippen molar-refractivity contribution in [3.8, 4) is 0 Å². The van der Waals surface area contributed by atoms with Crippen molar-refractivity contribution in [2.24, 2.45) is 0 Å². The van der Waals surface area contributed by atoms with E-state index in [1.54, 1.807) is 0 Å². The third-order valence-electron chi connectivity index (χ3n) is 3.78. The number of rotatable bonds is 14. The molecule has 0 saturated heterocycles. The quantitative estimate of drug-likeness (QED) is 0.361. The van der Waals surface area contributed by atoms with E-state index in [1.807, 2.05) is 31.2 Å². The van der Waals surface area contributed by atoms with Gasteiger partial charge in [0.15, 0.2) is 0 Å². The summed E-state index contributed by atoms with van der Waals surface area (Å²) in [6, 6.07) is 7.29. The van der Waals surface area contributed by atoms with Gasteiger partial charge in [-0.2, -0.15) is 0 Å². The number of carbonyl (C=O) groups excluding carboxylic acids is 4. The molecule has 0 heterocycles. The van der Waals surface area contributed by atoms with Crippen molar-refractivity contribution in [2.75, 3.05) is 26.4 Å². The molecule has 0 aliphatic heterocycles. The highest BCUT2D eigenvalue weighted by atomic mass is 16.5. The van der Waals surface area contributed by atoms with Gasteiger partial charge in [-0.1, -0.05) is 31.2 Å². The van der Waals surface area contributed by atoms with E-state index in [1.165, 1.54) is 6.92 Å². The molecule has 0 saturated carbocycles. The molecule has 0 unspecified atom stereocenters. The van der Waals surface area contributed by atoms with Crippen LogP contribution in [0.2, 0.25) is 0 Å². The molecule has 0 atom stereocenters. The smallest absolute Gasteiger partial charge is 0.407 e. The molecule has 8 heteroatoms. The monoisotopic (exact) mass is 406 g/mol. The van der Waals surface area contributed by atoms with Gasteiger partial charge in [0.05, 0.1) is 19.6 Å². The maximum Gasteiger partial charge on any atom is 0.407 e. The number of alkyl carbamates (subject to hydrolysis) is 1. The molecular weight excluding hydrogens is 376 g/mol. The normalized spacial score (nSPS) is 10.3. The van der Waals surface area contributed by atoms with Gasteiger partial charge in [-0.05, 0) is 24.5 Å². The SMILES string of the molecule is CCCNC(=O)OCCCOCC(=O)NCc1ccc(CC(=O)CC(C)=O)cc1. The minimum atomic E-state index is -0.446. The fourth-order valence-electron chi connectivity index (χ4n) is 2.36. The summed E-state index contributed by atoms with van der Waals surface area (Å²) in [7, 11) is 0. The number of ketones is 2. The molecule has 8 nitrogen and oxygen atoms in total. The van der Waals surface area contributed by atoms with Crippen LogP contribution in [-0.2, 0) is 36.8 Å². The van der Waals surface area contributed by atoms with Crippen LogP contribution in [-0.4, -0.2) is 49.9 Å². The van der Waals surface area contributed by atoms with Crippen LogP contribution in [0, 0.1) is 0 Å². The van der Waals surface area contributed by atoms with Gasteiger partial charge in [0.2, 0.25) is 5.91 Å². The summed E-state index contributed by atoms with van der Waals surface area (Å²) < 4.78 is 10.2. The zero-order chi connectivity index (χ0) is 21.5. The Kier molecular flexibility index (Phi) is 12.0. The number of ether oxygens (including phenoxy) is 2. The lowest BCUT2D eigenvalue weighted by Gasteiger charge is -2.08. The Bertz CT molecular complexity index is 672. The van der Waals surface area contributed by atoms with Crippen molar-refractivity contribution >= 4 is 23.6 Å². The van der Waals surface area contributed by atoms with E-state index in [-0.39, 0.29) is 43.5 Å². The molecule has 2 amide bonds. The van der Waals surface area contributed by atoms with Crippen molar-refractivity contribution in [2.45, 2.75) is 46.1 Å². The first-order chi connectivity index (χ1) is 13.9. The second-order valence-corrected chi connectivity index (χ2v) is 6.66. The number of benzene rings is 1. The van der Waals surface area contributed by atoms with Crippen LogP contribution in [0.5, 0.6) is 0 Å². The number of hydrogen-bond donors (Lipinski definition) is 2. The van der Waals surface area contributed by atoms with E-state index in [2.05, 4.69) is 10.6 Å². The van der Waals surface area contributed by atoms with Crippen molar-refractivity contribution in [3.63, 3.8) is 0 Å². The van der Waals surface area contributed by atoms with Crippen LogP contribution in [0.4, 0.5) is 4.79 Å². The van der Waals surface area contributed by atoms with Crippen molar-refractivity contribution in [3.05, 3.63) is 35.4 Å². The lowest BCUT2D eigenvalue weighted by molar-refractivity contribution is -0.126. The Morgan fingerprint density at radius 3 is 2.31 bits per heavy atom. The van der Waals surface area contributed by atoms with E-state index in [4.69, 9.17) is 9.47 Å². The minimum Gasteiger partial charge on any atom is -0.449 e. The number of carbonyl (C=O) groups is 4. The Hall–Kier alpha value is -2.74. The number of hydrogen-bond acceptors (Lipinski definition) is 6. The Balaban J connectivity index is 2.14. The molecule has 1 aromatic rings. The van der Waals surface area contributed by atoms with Crippen molar-refractivity contribution in [1.29, 1.82) is 0 Å². The van der Waals surface area contributed by atoms with E-state index < -0.39 is 6.09 Å². The van der Waals surface area contributed by atoms with Gasteiger partial charge in [-0.25, -0.2) is 4.79 Å². The fourth-order valence-corrected chi connectivity index (χ4v) is 2.36. The second-order valence-electron chi connectivity index (χ2n) is 6.66. The third-order valence-corrected chi connectivity index (χ3v) is 3.78. The third kappa shape index (κ3) is 12.4. The van der Waals surface area contributed by atoms with E-state index in [9.17, 15) is 19.2 Å². The molecule has 0 spiro atoms. The summed E-state index contributed by atoms with van der Waals surface area (Å²) in [4.78, 5) is 45.6. The van der Waals surface area contributed by atoms with Crippen LogP contribution < -0.4 is 10.6 Å². The highest BCUT2D eigenvalue weighted by Gasteiger charge is 2.07. The van der Waals surface area contributed by atoms with E-state index in [0.717, 1.165) is 17.5 Å². The molecule has 1 aromatic carbocycles. The van der Waals surface area contributed by atoms with Gasteiger partial charge in [0, 0.05) is 25.9 Å². The summed E-state index contributed by atoms with van der Waals surface area (Å²) in [6.45, 7) is 4.76. The Morgan fingerprint density at radius 1 is 0.966 bits per heavy atom. The maximum atomic E-state index is 11.8. The van der Waals surface area contributed by atoms with Crippen molar-refractivity contribution < 1.29 is 28.7 Å². The van der Waals surface area contributed by atoms with Gasteiger partial charge in [-0.3, -0.25) is 14.4 Å². The topological polar surface area (TPSA) is 111 Å². The minimum absolute atomic E-state index is 0.0456. The predicted octanol–water partition coefficient (Wildman–Crippen LogP) is 1.94. The summed E-state index contributed by atoms with van der Waals surface area (Å²) in [5.74, 6) is -0.489. The zero-order valence-corrected chi connectivity index (χ0v) is 17.1. The fraction of sp³-hybridized carbons (Fsp3) is 0.524. The largest absolute Gasteiger partial charge is 0.449 e. The van der Waals surface area contributed by atoms with Gasteiger partial charge in [-0.15, -0.1) is 0 Å². The van der Waals surface area contributed by atoms with Gasteiger partial charge < -0.3 is 20.1 Å². The highest BCUT2D eigenvalue weighted by Crippen LogP contribution is 2.07. The molecule has 0 aromatic heterocycles. The number of nitrogens with one attached hydrogen (secondary N) is 2. The van der Waals surface area contributed by atoms with Crippen LogP contribution in [0.1, 0.15) is 44.2 Å². The molecule has 0 bridgehead atoms. The van der Waals surface area contributed by atoms with Crippen LogP contribution in [0.3, 0.4) is 0 Å². The highest BCUT2D eigenvalue weighted by molar-refractivity contribution is 5.98. The summed E-state index contributed by atoms with van der Waals surface area (Å²) >= 11 is 0. The van der Waals surface area contributed by atoms with Crippen LogP contribution in [0.15, 0.2) is 24.3 Å². The first-order valence-electron chi connectivity index (χ1n) is 9.74. The van der Waals surface area contributed by atoms with Gasteiger partial charge >= 0.3 is 6.09 Å². The Labute approximate surface area is 171 Å². The summed E-state index contributed by atoms with van der Waals surface area (Å²) in [6.07, 6.45) is 1.09. The molecular formula is C21H30N2O6. The molecule has 0 fully saturated rings. The average Bonchev–Trinajstić information content (AvgIpc) is 2.67. The first kappa shape index (κ1) is 24.3. The molecule has 0 aliphatic carbocycles. The van der Waals surface area contributed by atoms with E-state index >= 15 is 0 Å². The standard InChI is InChI=1S/C21H30N2O6/c1-3-9-22-21(27)29-11-4-10-28-15-20(26)23-14-18-7-5-17(6-8-18)13-19(25)12-16(2)24/h5-8H,3-4,9-15H2,1-2H3,(H,22,27)(H,23,26). The summed E-state index contributed by atoms with van der Waals surface area (Å²) in [5.41, 5.74) is 1.73. The van der Waals surface area contributed by atoms with Crippen LogP contribution >= 0.6 is 0 Å². The van der Waals surface area contributed by atoms with Crippen molar-refractivity contribution in [1.82, 2.24) is 10.6 Å². The predicted molar refractivity (Wildman–Crippen MR) is 107 cm³/mol. The lowest BCUT2D eigenvalue weighted by Crippen LogP contribution is -2.28. The molecule has 29 heavy (non-hydrogen) atoms. The van der Waals surface area contributed by atoms with Crippen LogP contribution in [0.25, 0.3) is 0 Å². The average molecular weight is 406 g/mol. The molecule has 0 radical (unpaired) electrons. The van der Waals surface area contributed by atoms with Gasteiger partial charge in [0.1, 0.15) is 18.2 Å². The number of Topliss-reactive ketones (excluding diaryl/α,β-unsaturated/α-hetero) is 2. The first-order valence-corrected chi connectivity index (χ1v) is 9.74. The molecule has 160 valence electrons. The molecule has 1 rings (SSSR count).